The average molecular weight is 265 g/mol. The Morgan fingerprint density at radius 2 is 1.94 bits per heavy atom. The van der Waals surface area contributed by atoms with Crippen molar-refractivity contribution in [1.29, 1.82) is 0 Å². The summed E-state index contributed by atoms with van der Waals surface area (Å²) in [7, 11) is 0. The van der Waals surface area contributed by atoms with E-state index in [1.54, 1.807) is 0 Å². The van der Waals surface area contributed by atoms with Gasteiger partial charge >= 0.3 is 0 Å². The summed E-state index contributed by atoms with van der Waals surface area (Å²) in [6.45, 7) is 1.88. The summed E-state index contributed by atoms with van der Waals surface area (Å²) in [4.78, 5) is 10.7. The highest BCUT2D eigenvalue weighted by molar-refractivity contribution is 6.30. The van der Waals surface area contributed by atoms with Gasteiger partial charge in [-0.1, -0.05) is 11.6 Å². The number of hydrogen-bond acceptors (Lipinski definition) is 3. The SMILES string of the molecule is CC(=O)NNCc1ccc(-c2ccc(Cl)cc2)o1. The first-order valence-electron chi connectivity index (χ1n) is 5.49. The second kappa shape index (κ2) is 5.71. The molecule has 1 amide bonds. The van der Waals surface area contributed by atoms with Gasteiger partial charge in [-0.2, -0.15) is 0 Å². The number of hydrazine groups is 1. The number of carbonyl (C=O) groups excluding carboxylic acids is 1. The smallest absolute Gasteiger partial charge is 0.230 e. The quantitative estimate of drug-likeness (QED) is 0.835. The molecule has 94 valence electrons. The zero-order chi connectivity index (χ0) is 13.0. The number of amides is 1. The zero-order valence-corrected chi connectivity index (χ0v) is 10.6. The van der Waals surface area contributed by atoms with E-state index in [4.69, 9.17) is 16.0 Å². The molecule has 0 saturated heterocycles. The molecule has 2 N–H and O–H groups in total. The van der Waals surface area contributed by atoms with Gasteiger partial charge in [0.25, 0.3) is 0 Å². The highest BCUT2D eigenvalue weighted by Gasteiger charge is 2.04. The topological polar surface area (TPSA) is 54.3 Å². The molecule has 0 spiro atoms. The predicted molar refractivity (Wildman–Crippen MR) is 69.8 cm³/mol. The maximum Gasteiger partial charge on any atom is 0.230 e. The van der Waals surface area contributed by atoms with Crippen LogP contribution in [0.2, 0.25) is 5.02 Å². The lowest BCUT2D eigenvalue weighted by atomic mass is 10.2. The van der Waals surface area contributed by atoms with Crippen LogP contribution in [0.25, 0.3) is 11.3 Å². The molecule has 0 unspecified atom stereocenters. The first-order valence-corrected chi connectivity index (χ1v) is 5.87. The Balaban J connectivity index is 2.01. The van der Waals surface area contributed by atoms with E-state index in [0.29, 0.717) is 11.6 Å². The van der Waals surface area contributed by atoms with E-state index in [-0.39, 0.29) is 5.91 Å². The van der Waals surface area contributed by atoms with Crippen LogP contribution in [0.15, 0.2) is 40.8 Å². The molecule has 18 heavy (non-hydrogen) atoms. The molecule has 2 aromatic rings. The lowest BCUT2D eigenvalue weighted by Crippen LogP contribution is -2.34. The van der Waals surface area contributed by atoms with Crippen LogP contribution in [0.1, 0.15) is 12.7 Å². The molecule has 0 radical (unpaired) electrons. The minimum Gasteiger partial charge on any atom is -0.460 e. The van der Waals surface area contributed by atoms with Crippen LogP contribution in [-0.4, -0.2) is 5.91 Å². The molecule has 0 bridgehead atoms. The number of furan rings is 1. The van der Waals surface area contributed by atoms with Gasteiger partial charge in [-0.25, -0.2) is 5.43 Å². The fourth-order valence-corrected chi connectivity index (χ4v) is 1.62. The minimum atomic E-state index is -0.139. The Morgan fingerprint density at radius 1 is 1.22 bits per heavy atom. The van der Waals surface area contributed by atoms with E-state index in [9.17, 15) is 4.79 Å². The third kappa shape index (κ3) is 3.35. The van der Waals surface area contributed by atoms with Gasteiger partial charge in [-0.15, -0.1) is 0 Å². The van der Waals surface area contributed by atoms with Crippen molar-refractivity contribution in [2.45, 2.75) is 13.5 Å². The van der Waals surface area contributed by atoms with Crippen LogP contribution in [0.4, 0.5) is 0 Å². The Morgan fingerprint density at radius 3 is 2.61 bits per heavy atom. The lowest BCUT2D eigenvalue weighted by Gasteiger charge is -2.02. The van der Waals surface area contributed by atoms with Gasteiger partial charge in [0.1, 0.15) is 11.5 Å². The Bertz CT molecular complexity index is 534. The molecule has 1 aromatic heterocycles. The van der Waals surface area contributed by atoms with E-state index in [2.05, 4.69) is 10.9 Å². The first kappa shape index (κ1) is 12.7. The molecule has 5 heteroatoms. The van der Waals surface area contributed by atoms with E-state index in [1.165, 1.54) is 6.92 Å². The number of hydrogen-bond donors (Lipinski definition) is 2. The van der Waals surface area contributed by atoms with Crippen molar-refractivity contribution in [2.24, 2.45) is 0 Å². The fraction of sp³-hybridized carbons (Fsp3) is 0.154. The van der Waals surface area contributed by atoms with Gasteiger partial charge < -0.3 is 4.42 Å². The van der Waals surface area contributed by atoms with Crippen molar-refractivity contribution < 1.29 is 9.21 Å². The van der Waals surface area contributed by atoms with Crippen LogP contribution in [-0.2, 0) is 11.3 Å². The van der Waals surface area contributed by atoms with Crippen LogP contribution in [0.5, 0.6) is 0 Å². The Hall–Kier alpha value is -1.78. The third-order valence-electron chi connectivity index (χ3n) is 2.32. The molecule has 2 rings (SSSR count). The summed E-state index contributed by atoms with van der Waals surface area (Å²) in [5, 5.41) is 0.692. The standard InChI is InChI=1S/C13H13ClN2O2/c1-9(17)16-15-8-12-6-7-13(18-12)10-2-4-11(14)5-3-10/h2-7,15H,8H2,1H3,(H,16,17). The van der Waals surface area contributed by atoms with Gasteiger partial charge in [0.15, 0.2) is 0 Å². The van der Waals surface area contributed by atoms with E-state index >= 15 is 0 Å². The van der Waals surface area contributed by atoms with Crippen molar-refractivity contribution >= 4 is 17.5 Å². The largest absolute Gasteiger partial charge is 0.460 e. The number of halogens is 1. The number of nitrogens with one attached hydrogen (secondary N) is 2. The van der Waals surface area contributed by atoms with Crippen LogP contribution in [0, 0.1) is 0 Å². The highest BCUT2D eigenvalue weighted by atomic mass is 35.5. The van der Waals surface area contributed by atoms with Gasteiger partial charge in [0.05, 0.1) is 6.54 Å². The summed E-state index contributed by atoms with van der Waals surface area (Å²) in [6, 6.07) is 11.2. The first-order chi connectivity index (χ1) is 8.65. The number of carbonyl (C=O) groups is 1. The Labute approximate surface area is 110 Å². The van der Waals surface area contributed by atoms with Crippen LogP contribution < -0.4 is 10.9 Å². The summed E-state index contributed by atoms with van der Waals surface area (Å²) in [6.07, 6.45) is 0. The normalized spacial score (nSPS) is 10.3. The molecule has 0 aliphatic carbocycles. The van der Waals surface area contributed by atoms with Crippen molar-refractivity contribution in [3.05, 3.63) is 47.2 Å². The second-order valence-electron chi connectivity index (χ2n) is 3.81. The number of benzene rings is 1. The molecule has 0 atom stereocenters. The van der Waals surface area contributed by atoms with Gasteiger partial charge in [0, 0.05) is 17.5 Å². The maximum atomic E-state index is 10.7. The molecule has 0 aliphatic heterocycles. The molecule has 0 fully saturated rings. The summed E-state index contributed by atoms with van der Waals surface area (Å²) in [5.74, 6) is 1.37. The Kier molecular flexibility index (Phi) is 4.02. The van der Waals surface area contributed by atoms with E-state index < -0.39 is 0 Å². The summed E-state index contributed by atoms with van der Waals surface area (Å²) in [5.41, 5.74) is 6.21. The molecule has 4 nitrogen and oxygen atoms in total. The molecule has 1 heterocycles. The van der Waals surface area contributed by atoms with Crippen molar-refractivity contribution in [3.8, 4) is 11.3 Å². The minimum absolute atomic E-state index is 0.139. The molecule has 1 aromatic carbocycles. The maximum absolute atomic E-state index is 10.7. The van der Waals surface area contributed by atoms with E-state index in [0.717, 1.165) is 17.1 Å². The van der Waals surface area contributed by atoms with E-state index in [1.807, 2.05) is 36.4 Å². The lowest BCUT2D eigenvalue weighted by molar-refractivity contribution is -0.120. The van der Waals surface area contributed by atoms with Crippen molar-refractivity contribution in [1.82, 2.24) is 10.9 Å². The van der Waals surface area contributed by atoms with Crippen molar-refractivity contribution in [2.75, 3.05) is 0 Å². The fourth-order valence-electron chi connectivity index (χ4n) is 1.50. The summed E-state index contributed by atoms with van der Waals surface area (Å²) >= 11 is 5.82. The molecular weight excluding hydrogens is 252 g/mol. The highest BCUT2D eigenvalue weighted by Crippen LogP contribution is 2.23. The summed E-state index contributed by atoms with van der Waals surface area (Å²) < 4.78 is 5.63. The van der Waals surface area contributed by atoms with Crippen molar-refractivity contribution in [3.63, 3.8) is 0 Å². The van der Waals surface area contributed by atoms with Crippen LogP contribution in [0.3, 0.4) is 0 Å². The van der Waals surface area contributed by atoms with Gasteiger partial charge in [-0.05, 0) is 36.4 Å². The second-order valence-corrected chi connectivity index (χ2v) is 4.24. The molecule has 0 aliphatic rings. The molecular formula is C13H13ClN2O2. The van der Waals surface area contributed by atoms with Gasteiger partial charge in [-0.3, -0.25) is 10.2 Å². The van der Waals surface area contributed by atoms with Gasteiger partial charge in [0.2, 0.25) is 5.91 Å². The number of rotatable bonds is 4. The monoisotopic (exact) mass is 264 g/mol. The average Bonchev–Trinajstić information content (AvgIpc) is 2.78. The predicted octanol–water partition coefficient (Wildman–Crippen LogP) is 2.74. The molecule has 0 saturated carbocycles. The third-order valence-corrected chi connectivity index (χ3v) is 2.57. The van der Waals surface area contributed by atoms with Crippen LogP contribution >= 0.6 is 11.6 Å². The zero-order valence-electron chi connectivity index (χ0n) is 9.87.